The Hall–Kier alpha value is -1.06. The molecule has 0 heterocycles. The lowest BCUT2D eigenvalue weighted by molar-refractivity contribution is -0.142. The van der Waals surface area contributed by atoms with Gasteiger partial charge in [0.25, 0.3) is 0 Å². The van der Waals surface area contributed by atoms with E-state index in [0.717, 1.165) is 25.7 Å². The zero-order chi connectivity index (χ0) is 12.8. The average molecular weight is 241 g/mol. The van der Waals surface area contributed by atoms with Crippen molar-refractivity contribution in [2.45, 2.75) is 46.0 Å². The molecular formula is C13H23NO3. The average Bonchev–Trinajstić information content (AvgIpc) is 2.69. The SMILES string of the molecule is CCCC(CNC(=O)C1CCCC1C)C(=O)O. The van der Waals surface area contributed by atoms with Crippen molar-refractivity contribution >= 4 is 11.9 Å². The van der Waals surface area contributed by atoms with Gasteiger partial charge in [0.2, 0.25) is 5.91 Å². The molecule has 0 spiro atoms. The predicted molar refractivity (Wildman–Crippen MR) is 65.5 cm³/mol. The van der Waals surface area contributed by atoms with Crippen LogP contribution in [0.25, 0.3) is 0 Å². The molecule has 4 heteroatoms. The number of hydrogen-bond donors (Lipinski definition) is 2. The predicted octanol–water partition coefficient (Wildman–Crippen LogP) is 2.04. The minimum atomic E-state index is -0.813. The Morgan fingerprint density at radius 2 is 2.12 bits per heavy atom. The quantitative estimate of drug-likeness (QED) is 0.748. The number of nitrogens with one attached hydrogen (secondary N) is 1. The van der Waals surface area contributed by atoms with Gasteiger partial charge in [-0.1, -0.05) is 26.7 Å². The van der Waals surface area contributed by atoms with E-state index in [9.17, 15) is 9.59 Å². The van der Waals surface area contributed by atoms with Crippen LogP contribution in [0.3, 0.4) is 0 Å². The number of carbonyl (C=O) groups excluding carboxylic acids is 1. The molecule has 3 atom stereocenters. The van der Waals surface area contributed by atoms with E-state index in [4.69, 9.17) is 5.11 Å². The van der Waals surface area contributed by atoms with Crippen molar-refractivity contribution in [3.63, 3.8) is 0 Å². The van der Waals surface area contributed by atoms with Gasteiger partial charge in [-0.05, 0) is 25.2 Å². The van der Waals surface area contributed by atoms with E-state index >= 15 is 0 Å². The molecule has 1 aliphatic rings. The van der Waals surface area contributed by atoms with Crippen LogP contribution < -0.4 is 5.32 Å². The first-order valence-corrected chi connectivity index (χ1v) is 6.56. The third kappa shape index (κ3) is 4.02. The van der Waals surface area contributed by atoms with E-state index in [0.29, 0.717) is 12.3 Å². The Bertz CT molecular complexity index is 278. The van der Waals surface area contributed by atoms with Crippen LogP contribution in [0.5, 0.6) is 0 Å². The molecule has 17 heavy (non-hydrogen) atoms. The normalized spacial score (nSPS) is 25.5. The standard InChI is InChI=1S/C13H23NO3/c1-3-5-10(13(16)17)8-14-12(15)11-7-4-6-9(11)2/h9-11H,3-8H2,1-2H3,(H,14,15)(H,16,17). The first-order valence-electron chi connectivity index (χ1n) is 6.56. The summed E-state index contributed by atoms with van der Waals surface area (Å²) >= 11 is 0. The van der Waals surface area contributed by atoms with Crippen LogP contribution in [-0.2, 0) is 9.59 Å². The van der Waals surface area contributed by atoms with Gasteiger partial charge in [-0.2, -0.15) is 0 Å². The fraction of sp³-hybridized carbons (Fsp3) is 0.846. The molecule has 4 nitrogen and oxygen atoms in total. The lowest BCUT2D eigenvalue weighted by atomic mass is 9.96. The van der Waals surface area contributed by atoms with Gasteiger partial charge in [-0.15, -0.1) is 0 Å². The zero-order valence-corrected chi connectivity index (χ0v) is 10.7. The van der Waals surface area contributed by atoms with Gasteiger partial charge >= 0.3 is 5.97 Å². The second kappa shape index (κ2) is 6.62. The Kier molecular flexibility index (Phi) is 5.45. The number of carbonyl (C=O) groups is 2. The minimum absolute atomic E-state index is 0.0392. The maximum Gasteiger partial charge on any atom is 0.308 e. The molecule has 0 radical (unpaired) electrons. The van der Waals surface area contributed by atoms with Crippen molar-refractivity contribution < 1.29 is 14.7 Å². The van der Waals surface area contributed by atoms with Gasteiger partial charge in [0.1, 0.15) is 0 Å². The lowest BCUT2D eigenvalue weighted by Gasteiger charge is -2.17. The molecule has 1 fully saturated rings. The van der Waals surface area contributed by atoms with Gasteiger partial charge in [0.15, 0.2) is 0 Å². The molecular weight excluding hydrogens is 218 g/mol. The Morgan fingerprint density at radius 3 is 2.59 bits per heavy atom. The topological polar surface area (TPSA) is 66.4 Å². The van der Waals surface area contributed by atoms with Crippen LogP contribution in [-0.4, -0.2) is 23.5 Å². The maximum absolute atomic E-state index is 11.9. The molecule has 0 aromatic carbocycles. The van der Waals surface area contributed by atoms with Crippen LogP contribution in [0, 0.1) is 17.8 Å². The fourth-order valence-electron chi connectivity index (χ4n) is 2.55. The van der Waals surface area contributed by atoms with Gasteiger partial charge in [-0.3, -0.25) is 9.59 Å². The first-order chi connectivity index (χ1) is 8.06. The molecule has 1 amide bonds. The summed E-state index contributed by atoms with van der Waals surface area (Å²) in [5.74, 6) is -0.694. The van der Waals surface area contributed by atoms with E-state index < -0.39 is 11.9 Å². The highest BCUT2D eigenvalue weighted by Gasteiger charge is 2.30. The number of hydrogen-bond acceptors (Lipinski definition) is 2. The second-order valence-electron chi connectivity index (χ2n) is 5.08. The second-order valence-corrected chi connectivity index (χ2v) is 5.08. The van der Waals surface area contributed by atoms with Gasteiger partial charge in [0.05, 0.1) is 5.92 Å². The molecule has 0 saturated heterocycles. The molecule has 1 rings (SSSR count). The highest BCUT2D eigenvalue weighted by molar-refractivity contribution is 5.80. The summed E-state index contributed by atoms with van der Waals surface area (Å²) in [6, 6.07) is 0. The van der Waals surface area contributed by atoms with Gasteiger partial charge in [-0.25, -0.2) is 0 Å². The molecule has 2 N–H and O–H groups in total. The van der Waals surface area contributed by atoms with E-state index in [-0.39, 0.29) is 18.4 Å². The van der Waals surface area contributed by atoms with Crippen LogP contribution in [0.1, 0.15) is 46.0 Å². The monoisotopic (exact) mass is 241 g/mol. The van der Waals surface area contributed by atoms with Crippen molar-refractivity contribution in [1.82, 2.24) is 5.32 Å². The van der Waals surface area contributed by atoms with Gasteiger partial charge in [0, 0.05) is 12.5 Å². The van der Waals surface area contributed by atoms with Crippen molar-refractivity contribution in [2.75, 3.05) is 6.54 Å². The third-order valence-electron chi connectivity index (χ3n) is 3.71. The highest BCUT2D eigenvalue weighted by Crippen LogP contribution is 2.31. The van der Waals surface area contributed by atoms with Crippen LogP contribution >= 0.6 is 0 Å². The highest BCUT2D eigenvalue weighted by atomic mass is 16.4. The molecule has 1 saturated carbocycles. The molecule has 3 unspecified atom stereocenters. The molecule has 98 valence electrons. The summed E-state index contributed by atoms with van der Waals surface area (Å²) in [7, 11) is 0. The summed E-state index contributed by atoms with van der Waals surface area (Å²) in [5, 5.41) is 11.8. The van der Waals surface area contributed by atoms with Crippen LogP contribution in [0.15, 0.2) is 0 Å². The molecule has 0 bridgehead atoms. The minimum Gasteiger partial charge on any atom is -0.481 e. The van der Waals surface area contributed by atoms with Crippen molar-refractivity contribution in [1.29, 1.82) is 0 Å². The van der Waals surface area contributed by atoms with E-state index in [1.807, 2.05) is 6.92 Å². The smallest absolute Gasteiger partial charge is 0.308 e. The summed E-state index contributed by atoms with van der Waals surface area (Å²) in [6.07, 6.45) is 4.60. The van der Waals surface area contributed by atoms with Crippen LogP contribution in [0.2, 0.25) is 0 Å². The lowest BCUT2D eigenvalue weighted by Crippen LogP contribution is -2.37. The number of carboxylic acid groups (broad SMARTS) is 1. The Labute approximate surface area is 103 Å². The van der Waals surface area contributed by atoms with Crippen molar-refractivity contribution in [2.24, 2.45) is 17.8 Å². The van der Waals surface area contributed by atoms with Crippen LogP contribution in [0.4, 0.5) is 0 Å². The number of amides is 1. The van der Waals surface area contributed by atoms with E-state index in [2.05, 4.69) is 12.2 Å². The molecule has 0 aromatic heterocycles. The number of aliphatic carboxylic acids is 1. The first kappa shape index (κ1) is 14.0. The van der Waals surface area contributed by atoms with Gasteiger partial charge < -0.3 is 10.4 Å². The number of carboxylic acids is 1. The van der Waals surface area contributed by atoms with Crippen molar-refractivity contribution in [3.8, 4) is 0 Å². The number of rotatable bonds is 6. The van der Waals surface area contributed by atoms with E-state index in [1.54, 1.807) is 0 Å². The summed E-state index contributed by atoms with van der Waals surface area (Å²) in [4.78, 5) is 22.8. The Balaban J connectivity index is 2.38. The summed E-state index contributed by atoms with van der Waals surface area (Å²) in [5.41, 5.74) is 0. The third-order valence-corrected chi connectivity index (χ3v) is 3.71. The van der Waals surface area contributed by atoms with Crippen molar-refractivity contribution in [3.05, 3.63) is 0 Å². The fourth-order valence-corrected chi connectivity index (χ4v) is 2.55. The molecule has 1 aliphatic carbocycles. The molecule has 0 aromatic rings. The summed E-state index contributed by atoms with van der Waals surface area (Å²) < 4.78 is 0. The Morgan fingerprint density at radius 1 is 1.41 bits per heavy atom. The zero-order valence-electron chi connectivity index (χ0n) is 10.7. The largest absolute Gasteiger partial charge is 0.481 e. The summed E-state index contributed by atoms with van der Waals surface area (Å²) in [6.45, 7) is 4.32. The van der Waals surface area contributed by atoms with E-state index in [1.165, 1.54) is 0 Å². The maximum atomic E-state index is 11.9. The molecule has 0 aliphatic heterocycles.